The molecule has 4 aliphatic rings. The second kappa shape index (κ2) is 23.6. The van der Waals surface area contributed by atoms with Gasteiger partial charge >= 0.3 is 0 Å². The lowest BCUT2D eigenvalue weighted by Gasteiger charge is -2.24. The van der Waals surface area contributed by atoms with Crippen molar-refractivity contribution in [1.29, 1.82) is 0 Å². The van der Waals surface area contributed by atoms with Crippen LogP contribution in [0.5, 0.6) is 0 Å². The van der Waals surface area contributed by atoms with E-state index in [9.17, 15) is 0 Å². The third kappa shape index (κ3) is 9.22. The first kappa shape index (κ1) is 66.9. The minimum atomic E-state index is -0.390. The highest BCUT2D eigenvalue weighted by atomic mass is 15.2. The van der Waals surface area contributed by atoms with Crippen LogP contribution in [-0.4, -0.2) is 48.6 Å². The molecule has 1 N–H and O–H groups in total. The number of fused-ring (bicyclic) bond motifs is 24. The summed E-state index contributed by atoms with van der Waals surface area (Å²) in [7, 11) is 0. The molecule has 0 atom stereocenters. The van der Waals surface area contributed by atoms with Gasteiger partial charge in [0.25, 0.3) is 0 Å². The van der Waals surface area contributed by atoms with Crippen LogP contribution in [0.15, 0.2) is 309 Å². The van der Waals surface area contributed by atoms with Gasteiger partial charge in [-0.05, 0) is 197 Å². The van der Waals surface area contributed by atoms with Gasteiger partial charge in [0, 0.05) is 104 Å². The van der Waals surface area contributed by atoms with E-state index in [1.165, 1.54) is 111 Å². The summed E-state index contributed by atoms with van der Waals surface area (Å²) in [5.41, 5.74) is 34.8. The van der Waals surface area contributed by atoms with Crippen molar-refractivity contribution in [2.75, 3.05) is 0 Å². The van der Waals surface area contributed by atoms with Crippen LogP contribution in [0.25, 0.3) is 206 Å². The predicted molar refractivity (Wildman–Crippen MR) is 483 cm³/mol. The Bertz CT molecular complexity index is 8070. The van der Waals surface area contributed by atoms with Gasteiger partial charge in [-0.2, -0.15) is 19.9 Å². The van der Waals surface area contributed by atoms with Crippen molar-refractivity contribution in [3.05, 3.63) is 354 Å². The van der Waals surface area contributed by atoms with Gasteiger partial charge in [-0.1, -0.05) is 268 Å². The zero-order valence-corrected chi connectivity index (χ0v) is 66.5. The van der Waals surface area contributed by atoms with E-state index in [1.54, 1.807) is 0 Å². The Labute approximate surface area is 681 Å². The van der Waals surface area contributed by atoms with Crippen molar-refractivity contribution in [3.8, 4) is 119 Å². The molecule has 0 aliphatic heterocycles. The molecule has 10 nitrogen and oxygen atoms in total. The molecule has 21 aromatic rings. The van der Waals surface area contributed by atoms with Crippen LogP contribution in [0.2, 0.25) is 0 Å². The number of aromatic amines is 1. The normalized spacial score (nSPS) is 14.7. The van der Waals surface area contributed by atoms with Gasteiger partial charge in [-0.25, -0.2) is 9.97 Å². The van der Waals surface area contributed by atoms with E-state index in [-0.39, 0.29) is 16.2 Å². The zero-order chi connectivity index (χ0) is 78.7. The van der Waals surface area contributed by atoms with Gasteiger partial charge < -0.3 is 9.55 Å². The number of hydrogen-bond donors (Lipinski definition) is 1. The number of aromatic nitrogens is 10. The fraction of sp³-hybridized carbons (Fsp3) is 0.111. The van der Waals surface area contributed by atoms with Gasteiger partial charge in [0.05, 0.1) is 33.1 Å². The lowest BCUT2D eigenvalue weighted by atomic mass is 9.80. The summed E-state index contributed by atoms with van der Waals surface area (Å²) in [4.78, 5) is 37.2. The number of nitrogens with zero attached hydrogens (tertiary/aromatic N) is 9. The molecule has 0 amide bonds. The summed E-state index contributed by atoms with van der Waals surface area (Å²) >= 11 is 0. The summed E-state index contributed by atoms with van der Waals surface area (Å²) < 4.78 is 6.93. The molecule has 0 unspecified atom stereocenters. The molecule has 118 heavy (non-hydrogen) atoms. The van der Waals surface area contributed by atoms with E-state index in [0.29, 0.717) is 35.2 Å². The molecule has 0 bridgehead atoms. The van der Waals surface area contributed by atoms with Gasteiger partial charge in [0.2, 0.25) is 11.9 Å². The number of benzene rings is 15. The maximum atomic E-state index is 5.66. The number of H-pyrrole nitrogens is 1. The molecule has 15 aromatic carbocycles. The Morgan fingerprint density at radius 3 is 0.915 bits per heavy atom. The summed E-state index contributed by atoms with van der Waals surface area (Å²) in [6.45, 7) is 18.8. The smallest absolute Gasteiger partial charge is 0.238 e. The Kier molecular flexibility index (Phi) is 13.4. The third-order valence-corrected chi connectivity index (χ3v) is 27.3. The quantitative estimate of drug-likeness (QED) is 0.162. The first-order valence-corrected chi connectivity index (χ1v) is 41.1. The average Bonchev–Trinajstić information content (AvgIpc) is 1.66. The van der Waals surface area contributed by atoms with Crippen molar-refractivity contribution >= 4 is 87.2 Å². The lowest BCUT2D eigenvalue weighted by molar-refractivity contribution is 0.659. The third-order valence-electron chi connectivity index (χ3n) is 27.3. The van der Waals surface area contributed by atoms with Crippen molar-refractivity contribution in [3.63, 3.8) is 0 Å². The maximum absolute atomic E-state index is 5.66. The highest BCUT2D eigenvalue weighted by Gasteiger charge is 2.41. The summed E-state index contributed by atoms with van der Waals surface area (Å²) in [5, 5.41) is 9.17. The zero-order valence-electron chi connectivity index (χ0n) is 66.5. The van der Waals surface area contributed by atoms with Crippen LogP contribution in [0, 0.1) is 0 Å². The number of hydrogen-bond acceptors (Lipinski definition) is 6. The Hall–Kier alpha value is -14.5. The summed E-state index contributed by atoms with van der Waals surface area (Å²) in [6.07, 6.45) is 0. The minimum absolute atomic E-state index is 0.220. The van der Waals surface area contributed by atoms with E-state index in [1.807, 2.05) is 0 Å². The molecule has 0 fully saturated rings. The van der Waals surface area contributed by atoms with E-state index in [2.05, 4.69) is 383 Å². The fourth-order valence-electron chi connectivity index (χ4n) is 21.3. The molecular weight excluding hydrogens is 1440 g/mol. The van der Waals surface area contributed by atoms with E-state index in [0.717, 1.165) is 104 Å². The maximum Gasteiger partial charge on any atom is 0.238 e. The second-order valence-corrected chi connectivity index (χ2v) is 35.1. The van der Waals surface area contributed by atoms with Gasteiger partial charge in [-0.3, -0.25) is 9.13 Å². The number of para-hydroxylation sites is 5. The Morgan fingerprint density at radius 2 is 0.500 bits per heavy atom. The molecule has 25 rings (SSSR count). The second-order valence-electron chi connectivity index (χ2n) is 35.1. The van der Waals surface area contributed by atoms with Crippen LogP contribution >= 0.6 is 0 Å². The molecule has 6 heterocycles. The molecule has 558 valence electrons. The van der Waals surface area contributed by atoms with E-state index in [4.69, 9.17) is 29.9 Å². The van der Waals surface area contributed by atoms with Gasteiger partial charge in [0.1, 0.15) is 0 Å². The fourth-order valence-corrected chi connectivity index (χ4v) is 21.3. The average molecular weight is 1510 g/mol. The first-order valence-electron chi connectivity index (χ1n) is 41.1. The van der Waals surface area contributed by atoms with Crippen LogP contribution < -0.4 is 0 Å². The molecule has 0 spiro atoms. The van der Waals surface area contributed by atoms with Crippen LogP contribution in [0.1, 0.15) is 99.9 Å². The first-order chi connectivity index (χ1) is 57.5. The number of rotatable bonds is 8. The van der Waals surface area contributed by atoms with Crippen molar-refractivity contribution in [2.24, 2.45) is 0 Å². The molecule has 4 aliphatic carbocycles. The minimum Gasteiger partial charge on any atom is -0.354 e. The Morgan fingerprint density at radius 1 is 0.203 bits per heavy atom. The highest BCUT2D eigenvalue weighted by Crippen LogP contribution is 2.56. The van der Waals surface area contributed by atoms with Crippen molar-refractivity contribution in [2.45, 2.75) is 77.0 Å². The largest absolute Gasteiger partial charge is 0.354 e. The Balaban J connectivity index is 0.588. The lowest BCUT2D eigenvalue weighted by Crippen LogP contribution is -2.16. The number of nitrogens with one attached hydrogen (secondary N) is 1. The van der Waals surface area contributed by atoms with Crippen molar-refractivity contribution in [1.82, 2.24) is 48.6 Å². The SMILES string of the molecule is CC1(C)c2ccccc2-c2ccc(-c3nc(-c4ccc5c(c4)C(C)(C)c4cc(-c6ccc7c(c6)C(C)(C)c6cc(-c8nc(-c9ccc%10c(c9)C(C)(C)c9ccccc9-%10)nc(-n9c%10ccccc%10c%10cc%11c(cc%109)c9ccccc9n%11-c9ccccc9)n8)ccc6-7)ccc4-5)nc(-n4c5ccccc5c5cc6[nH]c7ccccc7c6cc54)n3)cc21. The van der Waals surface area contributed by atoms with Gasteiger partial charge in [0.15, 0.2) is 23.3 Å². The standard InChI is InChI=1S/C108H76N10/c1-105(2)83-32-18-12-26-67(83)69-46-40-62(52-87(69)105)99-110-101(113-103(112-99)117-94-36-22-16-29-76(94)80-56-92-79(57-97(80)117)75-28-14-20-34-91(75)109-92)64-42-48-73-71-44-38-60(50-85(71)107(5,6)89(73)54-64)61-39-45-72-74-49-43-65(55-90(74)108(7,8)86(72)51-61)102-111-100(63-41-47-70-68-27-13-19-33-84(68)106(3,4)88(70)53-63)114-104(115-102)118-95-37-23-17-31-78(95)82-58-96-81(59-98(82)118)77-30-15-21-35-93(77)116(96)66-24-10-9-11-25-66/h9-59,109H,1-8H3. The highest BCUT2D eigenvalue weighted by molar-refractivity contribution is 6.20. The van der Waals surface area contributed by atoms with Crippen LogP contribution in [-0.2, 0) is 21.7 Å². The van der Waals surface area contributed by atoms with E-state index < -0.39 is 5.41 Å². The predicted octanol–water partition coefficient (Wildman–Crippen LogP) is 26.5. The molecular formula is C108H76N10. The topological polar surface area (TPSA) is 108 Å². The summed E-state index contributed by atoms with van der Waals surface area (Å²) in [6, 6.07) is 114. The van der Waals surface area contributed by atoms with Crippen molar-refractivity contribution < 1.29 is 0 Å². The molecule has 0 radical (unpaired) electrons. The monoisotopic (exact) mass is 1510 g/mol. The van der Waals surface area contributed by atoms with Crippen LogP contribution in [0.3, 0.4) is 0 Å². The van der Waals surface area contributed by atoms with Crippen LogP contribution in [0.4, 0.5) is 0 Å². The van der Waals surface area contributed by atoms with Gasteiger partial charge in [-0.15, -0.1) is 0 Å². The summed E-state index contributed by atoms with van der Waals surface area (Å²) in [5.74, 6) is 3.60. The molecule has 6 aromatic heterocycles. The van der Waals surface area contributed by atoms with E-state index >= 15 is 0 Å². The molecule has 10 heteroatoms. The molecule has 0 saturated heterocycles. The molecule has 0 saturated carbocycles.